The van der Waals surface area contributed by atoms with Crippen LogP contribution in [0.25, 0.3) is 0 Å². The van der Waals surface area contributed by atoms with E-state index in [1.165, 1.54) is 0 Å². The van der Waals surface area contributed by atoms with Gasteiger partial charge in [0.2, 0.25) is 0 Å². The first-order valence-corrected chi connectivity index (χ1v) is 9.28. The van der Waals surface area contributed by atoms with Gasteiger partial charge in [0.1, 0.15) is 0 Å². The maximum absolute atomic E-state index is 12.0. The molecule has 0 spiro atoms. The highest BCUT2D eigenvalue weighted by Gasteiger charge is 2.21. The lowest BCUT2D eigenvalue weighted by molar-refractivity contribution is 0.0954. The van der Waals surface area contributed by atoms with E-state index in [0.717, 1.165) is 11.1 Å². The van der Waals surface area contributed by atoms with Crippen LogP contribution in [0.15, 0.2) is 48.5 Å². The Balaban J connectivity index is 1.70. The normalized spacial score (nSPS) is 11.0. The molecule has 0 unspecified atom stereocenters. The van der Waals surface area contributed by atoms with Gasteiger partial charge in [0.25, 0.3) is 5.91 Å². The number of aryl methyl sites for hydroxylation is 1. The van der Waals surface area contributed by atoms with E-state index in [2.05, 4.69) is 16.0 Å². The van der Waals surface area contributed by atoms with Gasteiger partial charge in [0, 0.05) is 35.6 Å². The molecule has 0 aliphatic rings. The molecular formula is C21H26ClN3O2. The largest absolute Gasteiger partial charge is 0.350 e. The SMILES string of the molecule is Cc1ccc(C(=O)NCCNC(=O)NCC(C)(C)c2cccc(Cl)c2)cc1. The van der Waals surface area contributed by atoms with Crippen molar-refractivity contribution in [3.63, 3.8) is 0 Å². The number of carbonyl (C=O) groups is 2. The van der Waals surface area contributed by atoms with Crippen LogP contribution in [0.3, 0.4) is 0 Å². The van der Waals surface area contributed by atoms with Gasteiger partial charge in [-0.15, -0.1) is 0 Å². The van der Waals surface area contributed by atoms with Crippen molar-refractivity contribution in [1.29, 1.82) is 0 Å². The first-order valence-electron chi connectivity index (χ1n) is 8.90. The van der Waals surface area contributed by atoms with Gasteiger partial charge in [-0.3, -0.25) is 4.79 Å². The topological polar surface area (TPSA) is 70.2 Å². The van der Waals surface area contributed by atoms with E-state index in [9.17, 15) is 9.59 Å². The summed E-state index contributed by atoms with van der Waals surface area (Å²) in [6.07, 6.45) is 0. The first-order chi connectivity index (χ1) is 12.8. The van der Waals surface area contributed by atoms with Gasteiger partial charge < -0.3 is 16.0 Å². The Hall–Kier alpha value is -2.53. The van der Waals surface area contributed by atoms with Gasteiger partial charge in [-0.2, -0.15) is 0 Å². The summed E-state index contributed by atoms with van der Waals surface area (Å²) in [5, 5.41) is 9.06. The summed E-state index contributed by atoms with van der Waals surface area (Å²) in [5.41, 5.74) is 2.52. The lowest BCUT2D eigenvalue weighted by Crippen LogP contribution is -2.44. The van der Waals surface area contributed by atoms with Crippen LogP contribution in [0, 0.1) is 6.92 Å². The zero-order chi connectivity index (χ0) is 19.9. The van der Waals surface area contributed by atoms with Crippen molar-refractivity contribution in [2.24, 2.45) is 0 Å². The molecule has 2 rings (SSSR count). The van der Waals surface area contributed by atoms with Gasteiger partial charge >= 0.3 is 6.03 Å². The molecule has 0 fully saturated rings. The van der Waals surface area contributed by atoms with Crippen LogP contribution in [0.2, 0.25) is 5.02 Å². The van der Waals surface area contributed by atoms with E-state index in [1.807, 2.05) is 57.2 Å². The number of hydrogen-bond donors (Lipinski definition) is 3. The van der Waals surface area contributed by atoms with Crippen molar-refractivity contribution in [3.8, 4) is 0 Å². The fraction of sp³-hybridized carbons (Fsp3) is 0.333. The van der Waals surface area contributed by atoms with Crippen LogP contribution < -0.4 is 16.0 Å². The second kappa shape index (κ2) is 9.42. The Bertz CT molecular complexity index is 788. The number of carbonyl (C=O) groups excluding carboxylic acids is 2. The highest BCUT2D eigenvalue weighted by Crippen LogP contribution is 2.24. The predicted molar refractivity (Wildman–Crippen MR) is 109 cm³/mol. The molecule has 0 radical (unpaired) electrons. The van der Waals surface area contributed by atoms with Gasteiger partial charge in [-0.25, -0.2) is 4.79 Å². The minimum Gasteiger partial charge on any atom is -0.350 e. The summed E-state index contributed by atoms with van der Waals surface area (Å²) in [6.45, 7) is 7.23. The third kappa shape index (κ3) is 6.61. The lowest BCUT2D eigenvalue weighted by atomic mass is 9.85. The first kappa shape index (κ1) is 20.8. The lowest BCUT2D eigenvalue weighted by Gasteiger charge is -2.26. The molecule has 5 nitrogen and oxygen atoms in total. The van der Waals surface area contributed by atoms with Crippen molar-refractivity contribution in [1.82, 2.24) is 16.0 Å². The van der Waals surface area contributed by atoms with Crippen molar-refractivity contribution in [2.45, 2.75) is 26.2 Å². The van der Waals surface area contributed by atoms with Crippen molar-refractivity contribution < 1.29 is 9.59 Å². The van der Waals surface area contributed by atoms with E-state index in [0.29, 0.717) is 30.2 Å². The molecule has 0 heterocycles. The minimum absolute atomic E-state index is 0.153. The van der Waals surface area contributed by atoms with Crippen LogP contribution >= 0.6 is 11.6 Å². The van der Waals surface area contributed by atoms with Crippen LogP contribution in [-0.2, 0) is 5.41 Å². The molecule has 0 saturated heterocycles. The van der Waals surface area contributed by atoms with Crippen molar-refractivity contribution in [3.05, 3.63) is 70.2 Å². The number of rotatable bonds is 7. The maximum atomic E-state index is 12.0. The van der Waals surface area contributed by atoms with Gasteiger partial charge in [0.05, 0.1) is 0 Å². The molecule has 0 aliphatic heterocycles. The van der Waals surface area contributed by atoms with E-state index in [-0.39, 0.29) is 17.4 Å². The number of urea groups is 1. The maximum Gasteiger partial charge on any atom is 0.314 e. The minimum atomic E-state index is -0.269. The molecular weight excluding hydrogens is 362 g/mol. The molecule has 0 atom stereocenters. The smallest absolute Gasteiger partial charge is 0.314 e. The van der Waals surface area contributed by atoms with Crippen molar-refractivity contribution >= 4 is 23.5 Å². The molecule has 2 aromatic carbocycles. The van der Waals surface area contributed by atoms with E-state index < -0.39 is 0 Å². The summed E-state index contributed by atoms with van der Waals surface area (Å²) < 4.78 is 0. The quantitative estimate of drug-likeness (QED) is 0.634. The Morgan fingerprint density at radius 1 is 0.963 bits per heavy atom. The summed E-state index contributed by atoms with van der Waals surface area (Å²) in [6, 6.07) is 14.7. The van der Waals surface area contributed by atoms with Gasteiger partial charge in [-0.1, -0.05) is 55.3 Å². The third-order valence-electron chi connectivity index (χ3n) is 4.31. The molecule has 27 heavy (non-hydrogen) atoms. The molecule has 3 N–H and O–H groups in total. The van der Waals surface area contributed by atoms with Gasteiger partial charge in [0.15, 0.2) is 0 Å². The average molecular weight is 388 g/mol. The molecule has 0 saturated carbocycles. The Morgan fingerprint density at radius 3 is 2.30 bits per heavy atom. The van der Waals surface area contributed by atoms with Crippen LogP contribution in [0.5, 0.6) is 0 Å². The number of benzene rings is 2. The van der Waals surface area contributed by atoms with E-state index >= 15 is 0 Å². The fourth-order valence-corrected chi connectivity index (χ4v) is 2.72. The van der Waals surface area contributed by atoms with Crippen LogP contribution in [0.1, 0.15) is 35.3 Å². The van der Waals surface area contributed by atoms with Crippen molar-refractivity contribution in [2.75, 3.05) is 19.6 Å². The van der Waals surface area contributed by atoms with E-state index in [4.69, 9.17) is 11.6 Å². The Morgan fingerprint density at radius 2 is 1.63 bits per heavy atom. The number of amides is 3. The molecule has 0 aromatic heterocycles. The summed E-state index contributed by atoms with van der Waals surface area (Å²) >= 11 is 6.04. The molecule has 0 bridgehead atoms. The fourth-order valence-electron chi connectivity index (χ4n) is 2.53. The Kier molecular flexibility index (Phi) is 7.25. The number of nitrogens with one attached hydrogen (secondary N) is 3. The second-order valence-electron chi connectivity index (χ2n) is 7.13. The third-order valence-corrected chi connectivity index (χ3v) is 4.54. The summed E-state index contributed by atoms with van der Waals surface area (Å²) in [4.78, 5) is 24.0. The van der Waals surface area contributed by atoms with Gasteiger partial charge in [-0.05, 0) is 36.8 Å². The molecule has 144 valence electrons. The van der Waals surface area contributed by atoms with Crippen LogP contribution in [-0.4, -0.2) is 31.6 Å². The second-order valence-corrected chi connectivity index (χ2v) is 7.56. The zero-order valence-electron chi connectivity index (χ0n) is 15.9. The average Bonchev–Trinajstić information content (AvgIpc) is 2.64. The molecule has 2 aromatic rings. The standard InChI is InChI=1S/C21H26ClN3O2/c1-15-7-9-16(10-8-15)19(26)23-11-12-24-20(27)25-14-21(2,3)17-5-4-6-18(22)13-17/h4-10,13H,11-12,14H2,1-3H3,(H,23,26)(H2,24,25,27). The molecule has 0 aliphatic carbocycles. The predicted octanol–water partition coefficient (Wildman–Crippen LogP) is 3.66. The number of halogens is 1. The Labute approximate surface area is 165 Å². The van der Waals surface area contributed by atoms with E-state index in [1.54, 1.807) is 12.1 Å². The summed E-state index contributed by atoms with van der Waals surface area (Å²) in [7, 11) is 0. The zero-order valence-corrected chi connectivity index (χ0v) is 16.7. The summed E-state index contributed by atoms with van der Waals surface area (Å²) in [5.74, 6) is -0.153. The highest BCUT2D eigenvalue weighted by atomic mass is 35.5. The molecule has 3 amide bonds. The monoisotopic (exact) mass is 387 g/mol. The molecule has 6 heteroatoms. The highest BCUT2D eigenvalue weighted by molar-refractivity contribution is 6.30. The number of hydrogen-bond acceptors (Lipinski definition) is 2. The van der Waals surface area contributed by atoms with Crippen LogP contribution in [0.4, 0.5) is 4.79 Å².